The first-order chi connectivity index (χ1) is 25.4. The second-order valence-corrected chi connectivity index (χ2v) is 16.3. The van der Waals surface area contributed by atoms with Gasteiger partial charge in [-0.1, -0.05) is 31.9 Å². The van der Waals surface area contributed by atoms with Gasteiger partial charge in [-0.25, -0.2) is 22.8 Å². The molecule has 2 saturated carbocycles. The number of nitrogens with zero attached hydrogens (tertiary/aromatic N) is 5. The Kier molecular flexibility index (Phi) is 9.95. The van der Waals surface area contributed by atoms with E-state index in [0.717, 1.165) is 12.8 Å². The molecule has 282 valence electrons. The van der Waals surface area contributed by atoms with E-state index in [4.69, 9.17) is 4.74 Å². The summed E-state index contributed by atoms with van der Waals surface area (Å²) in [6.07, 6.45) is 9.25. The maximum atomic E-state index is 14.5. The van der Waals surface area contributed by atoms with Crippen LogP contribution in [-0.2, 0) is 37.9 Å². The van der Waals surface area contributed by atoms with Crippen LogP contribution in [0.4, 0.5) is 4.39 Å². The predicted octanol–water partition coefficient (Wildman–Crippen LogP) is 2.22. The molecule has 4 amide bonds. The molecule has 2 aliphatic carbocycles. The van der Waals surface area contributed by atoms with E-state index in [1.54, 1.807) is 13.2 Å². The molecule has 0 spiro atoms. The van der Waals surface area contributed by atoms with Crippen molar-refractivity contribution in [3.05, 3.63) is 59.8 Å². The van der Waals surface area contributed by atoms with Crippen LogP contribution in [0, 0.1) is 11.7 Å². The van der Waals surface area contributed by atoms with Crippen LogP contribution in [0.25, 0.3) is 11.0 Å². The first-order valence-corrected chi connectivity index (χ1v) is 19.7. The number of allylic oxidation sites excluding steroid dienone is 1. The van der Waals surface area contributed by atoms with Crippen LogP contribution in [0.3, 0.4) is 0 Å². The topological polar surface area (TPSA) is 195 Å². The minimum Gasteiger partial charge on any atom is -0.471 e. The van der Waals surface area contributed by atoms with Crippen LogP contribution in [0.5, 0.6) is 5.88 Å². The van der Waals surface area contributed by atoms with Crippen molar-refractivity contribution in [3.63, 3.8) is 0 Å². The number of aryl methyl sites for hydroxylation is 2. The molecule has 1 saturated heterocycles. The van der Waals surface area contributed by atoms with Crippen LogP contribution in [0.2, 0.25) is 0 Å². The van der Waals surface area contributed by atoms with Gasteiger partial charge in [0, 0.05) is 31.6 Å². The largest absolute Gasteiger partial charge is 0.471 e. The number of hydrogen-bond donors (Lipinski definition) is 3. The molecule has 17 heteroatoms. The van der Waals surface area contributed by atoms with Gasteiger partial charge in [-0.2, -0.15) is 5.10 Å². The summed E-state index contributed by atoms with van der Waals surface area (Å²) in [5, 5.41) is 9.20. The number of hydrogen-bond acceptors (Lipinski definition) is 10. The maximum Gasteiger partial charge on any atom is 0.272 e. The van der Waals surface area contributed by atoms with Crippen LogP contribution >= 0.6 is 0 Å². The van der Waals surface area contributed by atoms with E-state index < -0.39 is 74.4 Å². The number of ether oxygens (including phenoxy) is 1. The molecule has 2 aliphatic heterocycles. The minimum absolute atomic E-state index is 0.0108. The SMILES string of the molecule is CCc1nc2ccc(F)cc2nc1O[C@@H]1C[C@H]2C(=O)N[C@]3(C(=O)NS(=O)(=O)C4CC4)C[C@H]3C=CCCCCC[C@H](NC(=O)c3ccn(C)n3)C(=O)N2C1. The van der Waals surface area contributed by atoms with Gasteiger partial charge < -0.3 is 20.3 Å². The lowest BCUT2D eigenvalue weighted by Crippen LogP contribution is -2.58. The Morgan fingerprint density at radius 2 is 1.91 bits per heavy atom. The monoisotopic (exact) mass is 750 g/mol. The van der Waals surface area contributed by atoms with E-state index in [1.807, 2.05) is 19.1 Å². The summed E-state index contributed by atoms with van der Waals surface area (Å²) in [6, 6.07) is 3.43. The van der Waals surface area contributed by atoms with Crippen LogP contribution in [-0.4, -0.2) is 92.2 Å². The van der Waals surface area contributed by atoms with Gasteiger partial charge in [-0.3, -0.25) is 28.6 Å². The number of fused-ring (bicyclic) bond motifs is 3. The normalized spacial score (nSPS) is 26.5. The number of carbonyl (C=O) groups excluding carboxylic acids is 4. The highest BCUT2D eigenvalue weighted by molar-refractivity contribution is 7.91. The molecule has 0 radical (unpaired) electrons. The number of aromatic nitrogens is 4. The van der Waals surface area contributed by atoms with Crippen molar-refractivity contribution in [2.24, 2.45) is 13.0 Å². The van der Waals surface area contributed by atoms with Crippen molar-refractivity contribution < 1.29 is 36.7 Å². The minimum atomic E-state index is -3.91. The maximum absolute atomic E-state index is 14.5. The van der Waals surface area contributed by atoms with Crippen molar-refractivity contribution in [1.82, 2.24) is 40.0 Å². The standard InChI is InChI=1S/C36H43FN8O7S/c1-3-25-33(40-29-17-22(37)11-14-26(29)38-25)52-23-18-30-32(47)41-36(35(49)43-53(50,51)24-12-13-24)19-21(36)9-7-5-4-6-8-10-28(34(48)45(30)20-23)39-31(46)27-15-16-44(2)42-27/h7,9,11,14-17,21,23-24,28,30H,3-6,8,10,12-13,18-20H2,1-2H3,(H,39,46)(H,41,47)(H,43,49)/t21-,23-,28+,30+,36-/m1/s1. The zero-order chi connectivity index (χ0) is 37.5. The van der Waals surface area contributed by atoms with E-state index in [9.17, 15) is 32.0 Å². The van der Waals surface area contributed by atoms with E-state index in [2.05, 4.69) is 30.4 Å². The lowest BCUT2D eigenvalue weighted by Gasteiger charge is -2.29. The second-order valence-electron chi connectivity index (χ2n) is 14.4. The highest BCUT2D eigenvalue weighted by Gasteiger charge is 2.62. The molecule has 3 fully saturated rings. The lowest BCUT2D eigenvalue weighted by atomic mass is 10.0. The fourth-order valence-corrected chi connectivity index (χ4v) is 8.51. The molecule has 4 heterocycles. The van der Waals surface area contributed by atoms with Crippen LogP contribution in [0.1, 0.15) is 80.9 Å². The van der Waals surface area contributed by atoms with Crippen molar-refractivity contribution in [2.45, 2.75) is 100 Å². The Labute approximate surface area is 306 Å². The van der Waals surface area contributed by atoms with Crippen molar-refractivity contribution in [3.8, 4) is 5.88 Å². The van der Waals surface area contributed by atoms with Gasteiger partial charge in [0.1, 0.15) is 40.9 Å². The number of carbonyl (C=O) groups is 4. The van der Waals surface area contributed by atoms with Crippen molar-refractivity contribution >= 4 is 44.7 Å². The summed E-state index contributed by atoms with van der Waals surface area (Å²) in [4.78, 5) is 66.3. The molecule has 3 N–H and O–H groups in total. The van der Waals surface area contributed by atoms with Gasteiger partial charge in [0.05, 0.1) is 22.8 Å². The highest BCUT2D eigenvalue weighted by Crippen LogP contribution is 2.46. The molecule has 4 aliphatic rings. The zero-order valence-electron chi connectivity index (χ0n) is 29.6. The fourth-order valence-electron chi connectivity index (χ4n) is 7.15. The van der Waals surface area contributed by atoms with Gasteiger partial charge >= 0.3 is 0 Å². The third kappa shape index (κ3) is 7.75. The Balaban J connectivity index is 1.20. The number of rotatable bonds is 8. The Morgan fingerprint density at radius 3 is 2.64 bits per heavy atom. The Bertz CT molecular complexity index is 2090. The smallest absolute Gasteiger partial charge is 0.272 e. The average molecular weight is 751 g/mol. The molecule has 0 bridgehead atoms. The zero-order valence-corrected chi connectivity index (χ0v) is 30.4. The molecule has 0 unspecified atom stereocenters. The summed E-state index contributed by atoms with van der Waals surface area (Å²) in [5.41, 5.74) is -0.135. The summed E-state index contributed by atoms with van der Waals surface area (Å²) in [6.45, 7) is 1.79. The van der Waals surface area contributed by atoms with E-state index in [1.165, 1.54) is 33.8 Å². The first kappa shape index (κ1) is 36.4. The molecule has 5 atom stereocenters. The number of sulfonamides is 1. The van der Waals surface area contributed by atoms with E-state index in [0.29, 0.717) is 49.7 Å². The predicted molar refractivity (Wildman–Crippen MR) is 189 cm³/mol. The lowest BCUT2D eigenvalue weighted by molar-refractivity contribution is -0.141. The summed E-state index contributed by atoms with van der Waals surface area (Å²) in [7, 11) is -2.23. The second kappa shape index (κ2) is 14.5. The Hall–Kier alpha value is -4.93. The summed E-state index contributed by atoms with van der Waals surface area (Å²) >= 11 is 0. The molecule has 1 aromatic carbocycles. The van der Waals surface area contributed by atoms with Crippen molar-refractivity contribution in [2.75, 3.05) is 6.54 Å². The average Bonchev–Trinajstić information content (AvgIpc) is 4.01. The molecular formula is C36H43FN8O7S. The van der Waals surface area contributed by atoms with Gasteiger partial charge in [0.15, 0.2) is 0 Å². The van der Waals surface area contributed by atoms with Crippen LogP contribution in [0.15, 0.2) is 42.6 Å². The van der Waals surface area contributed by atoms with E-state index in [-0.39, 0.29) is 36.5 Å². The molecule has 53 heavy (non-hydrogen) atoms. The van der Waals surface area contributed by atoms with Crippen LogP contribution < -0.4 is 20.1 Å². The third-order valence-corrected chi connectivity index (χ3v) is 12.2. The number of halogens is 1. The molecular weight excluding hydrogens is 708 g/mol. The molecule has 3 aromatic rings. The number of nitrogens with one attached hydrogen (secondary N) is 3. The van der Waals surface area contributed by atoms with Crippen molar-refractivity contribution in [1.29, 1.82) is 0 Å². The third-order valence-electron chi connectivity index (χ3n) is 10.4. The number of benzene rings is 1. The van der Waals surface area contributed by atoms with E-state index >= 15 is 0 Å². The molecule has 2 aromatic heterocycles. The van der Waals surface area contributed by atoms with Gasteiger partial charge in [-0.15, -0.1) is 0 Å². The Morgan fingerprint density at radius 1 is 1.09 bits per heavy atom. The summed E-state index contributed by atoms with van der Waals surface area (Å²) < 4.78 is 49.7. The quantitative estimate of drug-likeness (QED) is 0.288. The number of amides is 4. The highest BCUT2D eigenvalue weighted by atomic mass is 32.2. The summed E-state index contributed by atoms with van der Waals surface area (Å²) in [5.74, 6) is -3.34. The van der Waals surface area contributed by atoms with Gasteiger partial charge in [0.25, 0.3) is 11.8 Å². The fraction of sp³-hybridized carbons (Fsp3) is 0.528. The first-order valence-electron chi connectivity index (χ1n) is 18.2. The van der Waals surface area contributed by atoms with Gasteiger partial charge in [0.2, 0.25) is 27.7 Å². The van der Waals surface area contributed by atoms with Gasteiger partial charge in [-0.05, 0) is 63.1 Å². The molecule has 7 rings (SSSR count). The molecule has 15 nitrogen and oxygen atoms in total.